The van der Waals surface area contributed by atoms with Crippen molar-refractivity contribution < 1.29 is 14.3 Å². The Morgan fingerprint density at radius 1 is 1.20 bits per heavy atom. The van der Waals surface area contributed by atoms with Crippen LogP contribution in [0.2, 0.25) is 0 Å². The van der Waals surface area contributed by atoms with E-state index in [0.717, 1.165) is 15.7 Å². The first-order valence-corrected chi connectivity index (χ1v) is 6.91. The molecule has 2 aromatic rings. The standard InChI is InChI=1S/C15H13BrFNO2/c16-12-3-6-14(18-9-12)8-11(15(19)20)7-10-1-4-13(17)5-2-10/h1-6,9,11H,7-8H2,(H,19,20). The highest BCUT2D eigenvalue weighted by Crippen LogP contribution is 2.16. The summed E-state index contributed by atoms with van der Waals surface area (Å²) in [6.07, 6.45) is 2.35. The van der Waals surface area contributed by atoms with Crippen LogP contribution in [-0.4, -0.2) is 16.1 Å². The maximum Gasteiger partial charge on any atom is 0.307 e. The van der Waals surface area contributed by atoms with E-state index in [1.165, 1.54) is 12.1 Å². The van der Waals surface area contributed by atoms with Gasteiger partial charge in [0.1, 0.15) is 5.82 Å². The molecule has 1 aromatic carbocycles. The number of hydrogen-bond acceptors (Lipinski definition) is 2. The second-order valence-corrected chi connectivity index (χ2v) is 5.45. The van der Waals surface area contributed by atoms with Gasteiger partial charge in [0.15, 0.2) is 0 Å². The lowest BCUT2D eigenvalue weighted by atomic mass is 9.94. The van der Waals surface area contributed by atoms with Gasteiger partial charge in [-0.2, -0.15) is 0 Å². The Morgan fingerprint density at radius 3 is 2.45 bits per heavy atom. The Labute approximate surface area is 124 Å². The van der Waals surface area contributed by atoms with Gasteiger partial charge in [-0.15, -0.1) is 0 Å². The van der Waals surface area contributed by atoms with Crippen molar-refractivity contribution in [2.45, 2.75) is 12.8 Å². The van der Waals surface area contributed by atoms with E-state index in [0.29, 0.717) is 12.8 Å². The number of nitrogens with zero attached hydrogens (tertiary/aromatic N) is 1. The topological polar surface area (TPSA) is 50.2 Å². The minimum absolute atomic E-state index is 0.324. The van der Waals surface area contributed by atoms with Crippen LogP contribution in [0.25, 0.3) is 0 Å². The van der Waals surface area contributed by atoms with Crippen molar-refractivity contribution in [3.05, 3.63) is 64.1 Å². The lowest BCUT2D eigenvalue weighted by Crippen LogP contribution is -2.19. The summed E-state index contributed by atoms with van der Waals surface area (Å²) in [5, 5.41) is 9.29. The maximum absolute atomic E-state index is 12.8. The van der Waals surface area contributed by atoms with E-state index in [2.05, 4.69) is 20.9 Å². The molecule has 0 spiro atoms. The maximum atomic E-state index is 12.8. The molecule has 0 saturated heterocycles. The molecule has 20 heavy (non-hydrogen) atoms. The van der Waals surface area contributed by atoms with Crippen molar-refractivity contribution in [1.82, 2.24) is 4.98 Å². The van der Waals surface area contributed by atoms with E-state index in [4.69, 9.17) is 0 Å². The fraction of sp³-hybridized carbons (Fsp3) is 0.200. The first kappa shape index (κ1) is 14.7. The van der Waals surface area contributed by atoms with Crippen molar-refractivity contribution >= 4 is 21.9 Å². The van der Waals surface area contributed by atoms with Crippen LogP contribution in [0.4, 0.5) is 4.39 Å². The third-order valence-electron chi connectivity index (χ3n) is 2.99. The summed E-state index contributed by atoms with van der Waals surface area (Å²) in [7, 11) is 0. The average molecular weight is 338 g/mol. The summed E-state index contributed by atoms with van der Waals surface area (Å²) in [6, 6.07) is 9.53. The summed E-state index contributed by atoms with van der Waals surface area (Å²) in [5.41, 5.74) is 1.53. The summed E-state index contributed by atoms with van der Waals surface area (Å²) in [4.78, 5) is 15.5. The van der Waals surface area contributed by atoms with Gasteiger partial charge in [-0.1, -0.05) is 12.1 Å². The molecule has 1 atom stereocenters. The number of aliphatic carboxylic acids is 1. The molecule has 0 aliphatic rings. The molecule has 3 nitrogen and oxygen atoms in total. The smallest absolute Gasteiger partial charge is 0.307 e. The molecule has 0 amide bonds. The van der Waals surface area contributed by atoms with Crippen molar-refractivity contribution in [3.8, 4) is 0 Å². The highest BCUT2D eigenvalue weighted by Gasteiger charge is 2.19. The van der Waals surface area contributed by atoms with E-state index < -0.39 is 11.9 Å². The van der Waals surface area contributed by atoms with Crippen LogP contribution in [0.5, 0.6) is 0 Å². The lowest BCUT2D eigenvalue weighted by Gasteiger charge is -2.12. The molecule has 1 N–H and O–H groups in total. The molecule has 5 heteroatoms. The number of carbonyl (C=O) groups is 1. The predicted octanol–water partition coefficient (Wildman–Crippen LogP) is 3.47. The van der Waals surface area contributed by atoms with Crippen LogP contribution in [0.15, 0.2) is 47.1 Å². The third kappa shape index (κ3) is 4.13. The molecule has 1 aromatic heterocycles. The monoisotopic (exact) mass is 337 g/mol. The minimum Gasteiger partial charge on any atom is -0.481 e. The lowest BCUT2D eigenvalue weighted by molar-refractivity contribution is -0.141. The number of pyridine rings is 1. The summed E-state index contributed by atoms with van der Waals surface area (Å²) < 4.78 is 13.7. The molecule has 0 fully saturated rings. The molecule has 1 heterocycles. The van der Waals surface area contributed by atoms with Gasteiger partial charge in [-0.05, 0) is 52.2 Å². The number of benzene rings is 1. The number of aromatic nitrogens is 1. The molecule has 0 saturated carbocycles. The van der Waals surface area contributed by atoms with Gasteiger partial charge in [-0.25, -0.2) is 4.39 Å². The molecule has 0 aliphatic carbocycles. The Hall–Kier alpha value is -1.75. The normalized spacial score (nSPS) is 12.1. The molecule has 0 bridgehead atoms. The van der Waals surface area contributed by atoms with Crippen molar-refractivity contribution in [2.24, 2.45) is 5.92 Å². The number of carboxylic acid groups (broad SMARTS) is 1. The van der Waals surface area contributed by atoms with Crippen LogP contribution in [0, 0.1) is 11.7 Å². The van der Waals surface area contributed by atoms with E-state index in [1.54, 1.807) is 24.4 Å². The largest absolute Gasteiger partial charge is 0.481 e. The molecule has 104 valence electrons. The number of carboxylic acids is 1. The summed E-state index contributed by atoms with van der Waals surface area (Å²) in [5.74, 6) is -1.77. The fourth-order valence-electron chi connectivity index (χ4n) is 1.93. The Balaban J connectivity index is 2.09. The quantitative estimate of drug-likeness (QED) is 0.908. The first-order valence-electron chi connectivity index (χ1n) is 6.12. The molecular formula is C15H13BrFNO2. The van der Waals surface area contributed by atoms with Crippen LogP contribution < -0.4 is 0 Å². The second kappa shape index (κ2) is 6.61. The zero-order valence-electron chi connectivity index (χ0n) is 10.6. The molecule has 0 radical (unpaired) electrons. The highest BCUT2D eigenvalue weighted by molar-refractivity contribution is 9.10. The second-order valence-electron chi connectivity index (χ2n) is 4.54. The number of halogens is 2. The molecule has 1 unspecified atom stereocenters. The van der Waals surface area contributed by atoms with Crippen molar-refractivity contribution in [3.63, 3.8) is 0 Å². The molecule has 2 rings (SSSR count). The van der Waals surface area contributed by atoms with Crippen LogP contribution >= 0.6 is 15.9 Å². The van der Waals surface area contributed by atoms with Crippen molar-refractivity contribution in [2.75, 3.05) is 0 Å². The Bertz CT molecular complexity index is 536. The van der Waals surface area contributed by atoms with Crippen LogP contribution in [-0.2, 0) is 17.6 Å². The van der Waals surface area contributed by atoms with E-state index in [1.807, 2.05) is 6.07 Å². The Morgan fingerprint density at radius 2 is 1.90 bits per heavy atom. The van der Waals surface area contributed by atoms with Crippen molar-refractivity contribution in [1.29, 1.82) is 0 Å². The van der Waals surface area contributed by atoms with E-state index in [9.17, 15) is 14.3 Å². The zero-order chi connectivity index (χ0) is 14.5. The predicted molar refractivity (Wildman–Crippen MR) is 76.9 cm³/mol. The minimum atomic E-state index is -0.876. The molecular weight excluding hydrogens is 325 g/mol. The van der Waals surface area contributed by atoms with E-state index in [-0.39, 0.29) is 5.82 Å². The zero-order valence-corrected chi connectivity index (χ0v) is 12.2. The SMILES string of the molecule is O=C(O)C(Cc1ccc(F)cc1)Cc1ccc(Br)cn1. The van der Waals surface area contributed by atoms with Gasteiger partial charge in [0.2, 0.25) is 0 Å². The third-order valence-corrected chi connectivity index (χ3v) is 3.46. The van der Waals surface area contributed by atoms with Gasteiger partial charge in [-0.3, -0.25) is 9.78 Å². The first-order chi connectivity index (χ1) is 9.54. The number of hydrogen-bond donors (Lipinski definition) is 1. The fourth-order valence-corrected chi connectivity index (χ4v) is 2.17. The molecule has 0 aliphatic heterocycles. The highest BCUT2D eigenvalue weighted by atomic mass is 79.9. The number of rotatable bonds is 5. The van der Waals surface area contributed by atoms with Crippen LogP contribution in [0.1, 0.15) is 11.3 Å². The summed E-state index contributed by atoms with van der Waals surface area (Å²) in [6.45, 7) is 0. The summed E-state index contributed by atoms with van der Waals surface area (Å²) >= 11 is 3.29. The average Bonchev–Trinajstić information content (AvgIpc) is 2.42. The Kier molecular flexibility index (Phi) is 4.84. The van der Waals surface area contributed by atoms with Crippen LogP contribution in [0.3, 0.4) is 0 Å². The van der Waals surface area contributed by atoms with Gasteiger partial charge < -0.3 is 5.11 Å². The van der Waals surface area contributed by atoms with Gasteiger partial charge in [0, 0.05) is 22.8 Å². The van der Waals surface area contributed by atoms with Gasteiger partial charge in [0.25, 0.3) is 0 Å². The van der Waals surface area contributed by atoms with Gasteiger partial charge >= 0.3 is 5.97 Å². The van der Waals surface area contributed by atoms with E-state index >= 15 is 0 Å². The van der Waals surface area contributed by atoms with Gasteiger partial charge in [0.05, 0.1) is 5.92 Å².